The Morgan fingerprint density at radius 1 is 0.968 bits per heavy atom. The van der Waals surface area contributed by atoms with Crippen molar-refractivity contribution in [2.45, 2.75) is 13.1 Å². The lowest BCUT2D eigenvalue weighted by molar-refractivity contribution is -0.132. The Morgan fingerprint density at radius 2 is 1.71 bits per heavy atom. The van der Waals surface area contributed by atoms with Crippen molar-refractivity contribution in [3.05, 3.63) is 101 Å². The predicted molar refractivity (Wildman–Crippen MR) is 112 cm³/mol. The van der Waals surface area contributed by atoms with E-state index in [0.717, 1.165) is 0 Å². The number of benzene rings is 2. The summed E-state index contributed by atoms with van der Waals surface area (Å²) in [6, 6.07) is 17.8. The first-order valence-electron chi connectivity index (χ1n) is 9.66. The van der Waals surface area contributed by atoms with E-state index in [-0.39, 0.29) is 36.1 Å². The molecule has 31 heavy (non-hydrogen) atoms. The summed E-state index contributed by atoms with van der Waals surface area (Å²) in [6.07, 6.45) is 1.47. The molecule has 0 aliphatic carbocycles. The molecule has 0 fully saturated rings. The topological polar surface area (TPSA) is 76.8 Å². The van der Waals surface area contributed by atoms with E-state index in [9.17, 15) is 17.6 Å². The van der Waals surface area contributed by atoms with E-state index >= 15 is 0 Å². The lowest BCUT2D eigenvalue weighted by Gasteiger charge is -2.27. The van der Waals surface area contributed by atoms with E-state index in [1.54, 1.807) is 60.7 Å². The van der Waals surface area contributed by atoms with Gasteiger partial charge in [0.05, 0.1) is 18.6 Å². The standard InChI is InChI=1S/C23H20FNO5S/c24-20-11-5-4-9-18(20)15-25(16-19-10-6-12-29-19)23(26)21-22(17-7-2-1-3-8-17)31(27,28)14-13-30-21/h1-12H,13-16H2. The molecule has 1 amide bonds. The van der Waals surface area contributed by atoms with Crippen LogP contribution in [0.15, 0.2) is 83.2 Å². The van der Waals surface area contributed by atoms with Gasteiger partial charge in [-0.05, 0) is 23.8 Å². The van der Waals surface area contributed by atoms with Crippen LogP contribution in [0.4, 0.5) is 4.39 Å². The Kier molecular flexibility index (Phi) is 5.90. The number of nitrogens with zero attached hydrogens (tertiary/aromatic N) is 1. The van der Waals surface area contributed by atoms with Gasteiger partial charge in [-0.2, -0.15) is 0 Å². The fraction of sp³-hybridized carbons (Fsp3) is 0.174. The number of hydrogen-bond acceptors (Lipinski definition) is 5. The molecule has 8 heteroatoms. The highest BCUT2D eigenvalue weighted by Crippen LogP contribution is 2.31. The molecule has 1 aromatic heterocycles. The molecule has 6 nitrogen and oxygen atoms in total. The molecule has 0 atom stereocenters. The van der Waals surface area contributed by atoms with Crippen LogP contribution in [0.3, 0.4) is 0 Å². The first-order chi connectivity index (χ1) is 15.0. The molecule has 160 valence electrons. The van der Waals surface area contributed by atoms with Gasteiger partial charge in [-0.25, -0.2) is 12.8 Å². The van der Waals surface area contributed by atoms with E-state index in [0.29, 0.717) is 16.9 Å². The zero-order valence-electron chi connectivity index (χ0n) is 16.5. The van der Waals surface area contributed by atoms with Crippen molar-refractivity contribution in [3.8, 4) is 0 Å². The summed E-state index contributed by atoms with van der Waals surface area (Å²) in [4.78, 5) is 14.7. The minimum atomic E-state index is -3.74. The normalized spacial score (nSPS) is 15.4. The van der Waals surface area contributed by atoms with Crippen molar-refractivity contribution in [1.82, 2.24) is 4.90 Å². The molecule has 0 unspecified atom stereocenters. The van der Waals surface area contributed by atoms with Crippen LogP contribution in [0.25, 0.3) is 4.91 Å². The molecule has 0 saturated carbocycles. The van der Waals surface area contributed by atoms with Crippen LogP contribution in [0.5, 0.6) is 0 Å². The van der Waals surface area contributed by atoms with Crippen LogP contribution >= 0.6 is 0 Å². The number of furan rings is 1. The number of carbonyl (C=O) groups excluding carboxylic acids is 1. The van der Waals surface area contributed by atoms with Crippen molar-refractivity contribution in [3.63, 3.8) is 0 Å². The smallest absolute Gasteiger partial charge is 0.291 e. The van der Waals surface area contributed by atoms with Crippen molar-refractivity contribution in [1.29, 1.82) is 0 Å². The van der Waals surface area contributed by atoms with E-state index < -0.39 is 21.6 Å². The molecule has 4 rings (SSSR count). The summed E-state index contributed by atoms with van der Waals surface area (Å²) >= 11 is 0. The SMILES string of the molecule is O=C(C1=C(c2ccccc2)S(=O)(=O)CCO1)N(Cc1ccco1)Cc1ccccc1F. The number of ether oxygens (including phenoxy) is 1. The van der Waals surface area contributed by atoms with Gasteiger partial charge in [0.2, 0.25) is 5.76 Å². The third-order valence-electron chi connectivity index (χ3n) is 4.88. The first kappa shape index (κ1) is 20.9. The molecule has 0 bridgehead atoms. The maximum atomic E-state index is 14.3. The number of hydrogen-bond donors (Lipinski definition) is 0. The number of amides is 1. The van der Waals surface area contributed by atoms with Crippen LogP contribution in [0.2, 0.25) is 0 Å². The Balaban J connectivity index is 1.78. The maximum absolute atomic E-state index is 14.3. The third kappa shape index (κ3) is 4.54. The summed E-state index contributed by atoms with van der Waals surface area (Å²) in [5.41, 5.74) is 0.664. The van der Waals surface area contributed by atoms with Crippen LogP contribution in [0.1, 0.15) is 16.9 Å². The largest absolute Gasteiger partial charge is 0.486 e. The Labute approximate surface area is 179 Å². The Hall–Kier alpha value is -3.39. The molecule has 1 aliphatic heterocycles. The van der Waals surface area contributed by atoms with Gasteiger partial charge in [-0.1, -0.05) is 48.5 Å². The quantitative estimate of drug-likeness (QED) is 0.582. The Bertz CT molecular complexity index is 1200. The monoisotopic (exact) mass is 441 g/mol. The summed E-state index contributed by atoms with van der Waals surface area (Å²) in [7, 11) is -3.74. The summed E-state index contributed by atoms with van der Waals surface area (Å²) in [5.74, 6) is -1.12. The summed E-state index contributed by atoms with van der Waals surface area (Å²) in [5, 5.41) is 0. The summed E-state index contributed by atoms with van der Waals surface area (Å²) < 4.78 is 51.0. The van der Waals surface area contributed by atoms with Crippen LogP contribution in [-0.2, 0) is 32.5 Å². The van der Waals surface area contributed by atoms with Crippen LogP contribution in [-0.4, -0.2) is 31.6 Å². The van der Waals surface area contributed by atoms with Gasteiger partial charge < -0.3 is 14.1 Å². The first-order valence-corrected chi connectivity index (χ1v) is 11.3. The minimum absolute atomic E-state index is 0.0230. The highest BCUT2D eigenvalue weighted by molar-refractivity contribution is 8.00. The second kappa shape index (κ2) is 8.77. The van der Waals surface area contributed by atoms with E-state index in [1.165, 1.54) is 17.2 Å². The Morgan fingerprint density at radius 3 is 2.42 bits per heavy atom. The zero-order chi connectivity index (χ0) is 21.8. The zero-order valence-corrected chi connectivity index (χ0v) is 17.3. The molecular formula is C23H20FNO5S. The van der Waals surface area contributed by atoms with Gasteiger partial charge in [0.15, 0.2) is 9.84 Å². The molecule has 2 aromatic carbocycles. The van der Waals surface area contributed by atoms with Crippen molar-refractivity contribution in [2.75, 3.05) is 12.4 Å². The van der Waals surface area contributed by atoms with Crippen LogP contribution in [0, 0.1) is 5.82 Å². The van der Waals surface area contributed by atoms with E-state index in [2.05, 4.69) is 0 Å². The van der Waals surface area contributed by atoms with Crippen molar-refractivity contribution in [2.24, 2.45) is 0 Å². The van der Waals surface area contributed by atoms with Crippen molar-refractivity contribution < 1.29 is 26.8 Å². The average molecular weight is 441 g/mol. The molecule has 2 heterocycles. The molecular weight excluding hydrogens is 421 g/mol. The maximum Gasteiger partial charge on any atom is 0.291 e. The molecule has 0 radical (unpaired) electrons. The van der Waals surface area contributed by atoms with Gasteiger partial charge in [0.1, 0.15) is 23.1 Å². The highest BCUT2D eigenvalue weighted by Gasteiger charge is 2.35. The lowest BCUT2D eigenvalue weighted by atomic mass is 10.1. The molecule has 0 spiro atoms. The van der Waals surface area contributed by atoms with Gasteiger partial charge in [-0.3, -0.25) is 4.79 Å². The van der Waals surface area contributed by atoms with Crippen LogP contribution < -0.4 is 0 Å². The fourth-order valence-electron chi connectivity index (χ4n) is 3.39. The number of rotatable bonds is 6. The second-order valence-electron chi connectivity index (χ2n) is 7.02. The number of halogens is 1. The van der Waals surface area contributed by atoms with Crippen molar-refractivity contribution >= 4 is 20.6 Å². The number of sulfone groups is 1. The molecule has 0 N–H and O–H groups in total. The summed E-state index contributed by atoms with van der Waals surface area (Å²) in [6.45, 7) is -0.190. The fourth-order valence-corrected chi connectivity index (χ4v) is 4.82. The molecule has 3 aromatic rings. The lowest BCUT2D eigenvalue weighted by Crippen LogP contribution is -2.35. The predicted octanol–water partition coefficient (Wildman–Crippen LogP) is 3.76. The minimum Gasteiger partial charge on any atom is -0.486 e. The number of carbonyl (C=O) groups is 1. The van der Waals surface area contributed by atoms with Gasteiger partial charge >= 0.3 is 0 Å². The van der Waals surface area contributed by atoms with E-state index in [4.69, 9.17) is 9.15 Å². The third-order valence-corrected chi connectivity index (χ3v) is 6.63. The molecule has 0 saturated heterocycles. The van der Waals surface area contributed by atoms with E-state index in [1.807, 2.05) is 0 Å². The molecule has 1 aliphatic rings. The van der Waals surface area contributed by atoms with Gasteiger partial charge in [0, 0.05) is 12.1 Å². The highest BCUT2D eigenvalue weighted by atomic mass is 32.2. The van der Waals surface area contributed by atoms with Gasteiger partial charge in [-0.15, -0.1) is 0 Å². The average Bonchev–Trinajstić information content (AvgIpc) is 3.27. The second-order valence-corrected chi connectivity index (χ2v) is 9.07. The van der Waals surface area contributed by atoms with Gasteiger partial charge in [0.25, 0.3) is 5.91 Å².